The standard InChI is InChI=1S/C17H14ClF2N3O4S2/c1-26-9-4-3-8(11(6-9)27-2)5-10-14(19)12(17-22-7-23-28-17)16(29(21,24)25)13(18)15(10)20/h3-4,6-7H,5H2,1-2H3,(H2,21,24,25). The first kappa shape index (κ1) is 21.4. The number of nitrogens with two attached hydrogens (primary N) is 1. The van der Waals surface area contributed by atoms with Crippen LogP contribution in [0.5, 0.6) is 11.5 Å². The van der Waals surface area contributed by atoms with Crippen molar-refractivity contribution in [1.82, 2.24) is 9.36 Å². The zero-order valence-corrected chi connectivity index (χ0v) is 17.5. The van der Waals surface area contributed by atoms with Gasteiger partial charge in [-0.2, -0.15) is 4.37 Å². The molecule has 1 heterocycles. The molecule has 2 N–H and O–H groups in total. The summed E-state index contributed by atoms with van der Waals surface area (Å²) in [4.78, 5) is 2.94. The number of halogens is 3. The lowest BCUT2D eigenvalue weighted by atomic mass is 10.00. The molecule has 0 spiro atoms. The molecule has 0 bridgehead atoms. The topological polar surface area (TPSA) is 104 Å². The van der Waals surface area contributed by atoms with Crippen LogP contribution in [-0.4, -0.2) is 32.0 Å². The second-order valence-corrected chi connectivity index (χ2v) is 8.43. The van der Waals surface area contributed by atoms with E-state index in [1.807, 2.05) is 0 Å². The minimum atomic E-state index is -4.56. The fourth-order valence-corrected chi connectivity index (χ4v) is 4.75. The Morgan fingerprint density at radius 1 is 1.21 bits per heavy atom. The molecule has 12 heteroatoms. The van der Waals surface area contributed by atoms with Crippen LogP contribution in [0.3, 0.4) is 0 Å². The van der Waals surface area contributed by atoms with Gasteiger partial charge in [0.2, 0.25) is 10.0 Å². The first-order chi connectivity index (χ1) is 13.7. The van der Waals surface area contributed by atoms with E-state index in [1.165, 1.54) is 14.2 Å². The predicted octanol–water partition coefficient (Wildman–Crippen LogP) is 3.39. The van der Waals surface area contributed by atoms with Crippen molar-refractivity contribution < 1.29 is 26.7 Å². The van der Waals surface area contributed by atoms with Gasteiger partial charge < -0.3 is 9.47 Å². The van der Waals surface area contributed by atoms with Crippen LogP contribution < -0.4 is 14.6 Å². The van der Waals surface area contributed by atoms with Gasteiger partial charge in [0.1, 0.15) is 39.4 Å². The van der Waals surface area contributed by atoms with E-state index in [9.17, 15) is 12.8 Å². The van der Waals surface area contributed by atoms with Crippen LogP contribution in [0.2, 0.25) is 5.02 Å². The molecule has 0 aliphatic carbocycles. The van der Waals surface area contributed by atoms with E-state index >= 15 is 4.39 Å². The highest BCUT2D eigenvalue weighted by Gasteiger charge is 2.32. The molecule has 0 aliphatic heterocycles. The zero-order valence-electron chi connectivity index (χ0n) is 15.1. The minimum Gasteiger partial charge on any atom is -0.497 e. The smallest absolute Gasteiger partial charge is 0.240 e. The molecule has 3 aromatic rings. The first-order valence-electron chi connectivity index (χ1n) is 7.89. The molecular formula is C17H14ClF2N3O4S2. The van der Waals surface area contributed by atoms with Gasteiger partial charge in [0.15, 0.2) is 0 Å². The van der Waals surface area contributed by atoms with Crippen LogP contribution in [0, 0.1) is 11.6 Å². The Balaban J connectivity index is 2.27. The highest BCUT2D eigenvalue weighted by molar-refractivity contribution is 7.89. The van der Waals surface area contributed by atoms with E-state index < -0.39 is 42.7 Å². The summed E-state index contributed by atoms with van der Waals surface area (Å²) < 4.78 is 68.4. The number of nitrogens with zero attached hydrogens (tertiary/aromatic N) is 2. The molecule has 1 aromatic heterocycles. The van der Waals surface area contributed by atoms with Crippen LogP contribution in [-0.2, 0) is 16.4 Å². The summed E-state index contributed by atoms with van der Waals surface area (Å²) >= 11 is 6.69. The number of benzene rings is 2. The molecule has 0 unspecified atom stereocenters. The van der Waals surface area contributed by atoms with Crippen LogP contribution in [0.25, 0.3) is 10.6 Å². The summed E-state index contributed by atoms with van der Waals surface area (Å²) in [5.74, 6) is -1.57. The highest BCUT2D eigenvalue weighted by Crippen LogP contribution is 2.40. The number of hydrogen-bond acceptors (Lipinski definition) is 7. The summed E-state index contributed by atoms with van der Waals surface area (Å²) in [6.45, 7) is 0. The summed E-state index contributed by atoms with van der Waals surface area (Å²) in [7, 11) is -1.70. The summed E-state index contributed by atoms with van der Waals surface area (Å²) in [5.41, 5.74) is -0.561. The van der Waals surface area contributed by atoms with Crippen LogP contribution in [0.15, 0.2) is 29.4 Å². The number of primary sulfonamides is 1. The summed E-state index contributed by atoms with van der Waals surface area (Å²) in [6, 6.07) is 4.72. The molecule has 154 valence electrons. The van der Waals surface area contributed by atoms with Crippen LogP contribution >= 0.6 is 23.1 Å². The molecule has 0 saturated carbocycles. The third kappa shape index (κ3) is 4.04. The molecule has 0 amide bonds. The van der Waals surface area contributed by atoms with Crippen molar-refractivity contribution in [3.63, 3.8) is 0 Å². The van der Waals surface area contributed by atoms with Crippen molar-refractivity contribution in [2.75, 3.05) is 14.2 Å². The van der Waals surface area contributed by atoms with Crippen molar-refractivity contribution in [3.8, 4) is 22.1 Å². The molecule has 0 saturated heterocycles. The van der Waals surface area contributed by atoms with Gasteiger partial charge in [0.05, 0.1) is 24.8 Å². The number of sulfonamides is 1. The van der Waals surface area contributed by atoms with Gasteiger partial charge in [-0.1, -0.05) is 17.7 Å². The zero-order chi connectivity index (χ0) is 21.3. The lowest BCUT2D eigenvalue weighted by Gasteiger charge is -2.16. The Kier molecular flexibility index (Phi) is 6.03. The fourth-order valence-electron chi connectivity index (χ4n) is 2.77. The fraction of sp³-hybridized carbons (Fsp3) is 0.176. The van der Waals surface area contributed by atoms with E-state index in [0.717, 1.165) is 17.9 Å². The van der Waals surface area contributed by atoms with E-state index in [2.05, 4.69) is 9.36 Å². The quantitative estimate of drug-likeness (QED) is 0.564. The highest BCUT2D eigenvalue weighted by atomic mass is 35.5. The Morgan fingerprint density at radius 2 is 1.93 bits per heavy atom. The number of aromatic nitrogens is 2. The minimum absolute atomic E-state index is 0.101. The Labute approximate surface area is 174 Å². The number of methoxy groups -OCH3 is 2. The van der Waals surface area contributed by atoms with Gasteiger partial charge in [-0.25, -0.2) is 27.3 Å². The van der Waals surface area contributed by atoms with Gasteiger partial charge in [0, 0.05) is 18.1 Å². The van der Waals surface area contributed by atoms with Gasteiger partial charge in [-0.05, 0) is 23.2 Å². The first-order valence-corrected chi connectivity index (χ1v) is 10.6. The summed E-state index contributed by atoms with van der Waals surface area (Å²) in [6.07, 6.45) is 0.830. The Hall–Kier alpha value is -2.34. The molecule has 29 heavy (non-hydrogen) atoms. The van der Waals surface area contributed by atoms with E-state index in [4.69, 9.17) is 26.2 Å². The maximum absolute atomic E-state index is 15.4. The number of rotatable bonds is 6. The third-order valence-electron chi connectivity index (χ3n) is 4.09. The second-order valence-electron chi connectivity index (χ2n) is 5.77. The number of hydrogen-bond donors (Lipinski definition) is 1. The van der Waals surface area contributed by atoms with Crippen molar-refractivity contribution in [1.29, 1.82) is 0 Å². The molecule has 3 rings (SSSR count). The van der Waals surface area contributed by atoms with Gasteiger partial charge >= 0.3 is 0 Å². The average Bonchev–Trinajstić information content (AvgIpc) is 3.21. The third-order valence-corrected chi connectivity index (χ3v) is 6.22. The predicted molar refractivity (Wildman–Crippen MR) is 104 cm³/mol. The lowest BCUT2D eigenvalue weighted by molar-refractivity contribution is 0.391. The molecule has 0 aliphatic rings. The molecule has 0 fully saturated rings. The van der Waals surface area contributed by atoms with Gasteiger partial charge in [-0.3, -0.25) is 0 Å². The Morgan fingerprint density at radius 3 is 2.48 bits per heavy atom. The normalized spacial score (nSPS) is 11.5. The second kappa shape index (κ2) is 8.19. The van der Waals surface area contributed by atoms with Gasteiger partial charge in [0.25, 0.3) is 0 Å². The number of ether oxygens (including phenoxy) is 2. The summed E-state index contributed by atoms with van der Waals surface area (Å²) in [5, 5.41) is 4.24. The lowest BCUT2D eigenvalue weighted by Crippen LogP contribution is -2.17. The molecule has 0 radical (unpaired) electrons. The molecule has 7 nitrogen and oxygen atoms in total. The monoisotopic (exact) mass is 461 g/mol. The molecular weight excluding hydrogens is 448 g/mol. The maximum atomic E-state index is 15.4. The van der Waals surface area contributed by atoms with E-state index in [0.29, 0.717) is 17.1 Å². The maximum Gasteiger partial charge on any atom is 0.240 e. The van der Waals surface area contributed by atoms with Crippen molar-refractivity contribution in [2.45, 2.75) is 11.3 Å². The molecule has 0 atom stereocenters. The van der Waals surface area contributed by atoms with E-state index in [-0.39, 0.29) is 11.4 Å². The SMILES string of the molecule is COc1ccc(Cc2c(F)c(Cl)c(S(N)(=O)=O)c(-c3ncns3)c2F)c(OC)c1. The van der Waals surface area contributed by atoms with Crippen LogP contribution in [0.1, 0.15) is 11.1 Å². The Bertz CT molecular complexity index is 1170. The molecule has 2 aromatic carbocycles. The van der Waals surface area contributed by atoms with Crippen molar-refractivity contribution in [2.24, 2.45) is 5.14 Å². The van der Waals surface area contributed by atoms with Crippen molar-refractivity contribution >= 4 is 33.2 Å². The largest absolute Gasteiger partial charge is 0.497 e. The van der Waals surface area contributed by atoms with Gasteiger partial charge in [-0.15, -0.1) is 0 Å². The van der Waals surface area contributed by atoms with Crippen LogP contribution in [0.4, 0.5) is 8.78 Å². The van der Waals surface area contributed by atoms with E-state index in [1.54, 1.807) is 18.2 Å². The van der Waals surface area contributed by atoms with Crippen molar-refractivity contribution in [3.05, 3.63) is 52.3 Å². The average molecular weight is 462 g/mol.